The fourth-order valence-electron chi connectivity index (χ4n) is 4.95. The zero-order chi connectivity index (χ0) is 26.3. The third-order valence-corrected chi connectivity index (χ3v) is 8.09. The van der Waals surface area contributed by atoms with Crippen molar-refractivity contribution in [1.82, 2.24) is 24.7 Å². The van der Waals surface area contributed by atoms with Crippen LogP contribution in [-0.4, -0.2) is 82.4 Å². The Kier molecular flexibility index (Phi) is 8.19. The van der Waals surface area contributed by atoms with Gasteiger partial charge in [-0.05, 0) is 37.1 Å². The van der Waals surface area contributed by atoms with Crippen LogP contribution in [0.3, 0.4) is 0 Å². The number of nitrogens with zero attached hydrogens (tertiary/aromatic N) is 7. The first-order chi connectivity index (χ1) is 18.6. The largest absolute Gasteiger partial charge is 0.467 e. The van der Waals surface area contributed by atoms with E-state index >= 15 is 0 Å². The third kappa shape index (κ3) is 5.97. The molecule has 11 heteroatoms. The Balaban J connectivity index is 1.13. The van der Waals surface area contributed by atoms with Crippen molar-refractivity contribution in [2.24, 2.45) is 0 Å². The van der Waals surface area contributed by atoms with E-state index in [0.29, 0.717) is 50.7 Å². The molecule has 0 spiro atoms. The quantitative estimate of drug-likeness (QED) is 0.454. The predicted molar refractivity (Wildman–Crippen MR) is 143 cm³/mol. The van der Waals surface area contributed by atoms with E-state index in [4.69, 9.17) is 9.68 Å². The summed E-state index contributed by atoms with van der Waals surface area (Å²) < 4.78 is 5.39. The van der Waals surface area contributed by atoms with Gasteiger partial charge in [-0.1, -0.05) is 6.07 Å². The first-order valence-electron chi connectivity index (χ1n) is 13.0. The number of thiazole rings is 1. The van der Waals surface area contributed by atoms with E-state index in [9.17, 15) is 9.59 Å². The van der Waals surface area contributed by atoms with Crippen LogP contribution < -0.4 is 4.90 Å². The number of urea groups is 1. The van der Waals surface area contributed by atoms with Gasteiger partial charge < -0.3 is 24.0 Å². The Morgan fingerprint density at radius 2 is 1.87 bits per heavy atom. The molecule has 0 unspecified atom stereocenters. The lowest BCUT2D eigenvalue weighted by Crippen LogP contribution is -2.54. The number of hydrogen-bond acceptors (Lipinski definition) is 8. The van der Waals surface area contributed by atoms with Crippen molar-refractivity contribution in [3.8, 4) is 6.07 Å². The van der Waals surface area contributed by atoms with Crippen molar-refractivity contribution in [3.05, 3.63) is 64.6 Å². The van der Waals surface area contributed by atoms with E-state index in [1.54, 1.807) is 28.8 Å². The Morgan fingerprint density at radius 1 is 1.08 bits per heavy atom. The van der Waals surface area contributed by atoms with Gasteiger partial charge in [-0.3, -0.25) is 4.79 Å². The number of pyridine rings is 1. The summed E-state index contributed by atoms with van der Waals surface area (Å²) in [6.45, 7) is 4.91. The van der Waals surface area contributed by atoms with Gasteiger partial charge in [0.05, 0.1) is 30.3 Å². The van der Waals surface area contributed by atoms with Crippen molar-refractivity contribution in [2.75, 3.05) is 50.7 Å². The number of likely N-dealkylation sites (tertiary alicyclic amines) is 1. The zero-order valence-corrected chi connectivity index (χ0v) is 22.1. The zero-order valence-electron chi connectivity index (χ0n) is 21.2. The molecular weight excluding hydrogens is 502 g/mol. The summed E-state index contributed by atoms with van der Waals surface area (Å²) >= 11 is 1.50. The van der Waals surface area contributed by atoms with E-state index in [-0.39, 0.29) is 24.3 Å². The molecule has 3 amide bonds. The summed E-state index contributed by atoms with van der Waals surface area (Å²) in [4.78, 5) is 43.1. The summed E-state index contributed by atoms with van der Waals surface area (Å²) in [5, 5.41) is 11.7. The van der Waals surface area contributed by atoms with Crippen LogP contribution in [0.2, 0.25) is 0 Å². The Bertz CT molecular complexity index is 1240. The summed E-state index contributed by atoms with van der Waals surface area (Å²) in [6.07, 6.45) is 5.26. The van der Waals surface area contributed by atoms with E-state index in [1.165, 1.54) is 11.3 Å². The lowest BCUT2D eigenvalue weighted by atomic mass is 9.98. The molecule has 0 aromatic carbocycles. The van der Waals surface area contributed by atoms with Gasteiger partial charge in [-0.2, -0.15) is 5.26 Å². The van der Waals surface area contributed by atoms with Crippen LogP contribution in [0, 0.1) is 11.3 Å². The molecule has 0 aliphatic carbocycles. The van der Waals surface area contributed by atoms with Gasteiger partial charge in [-0.15, -0.1) is 11.3 Å². The predicted octanol–water partition coefficient (Wildman–Crippen LogP) is 3.81. The Morgan fingerprint density at radius 3 is 2.55 bits per heavy atom. The van der Waals surface area contributed by atoms with Gasteiger partial charge in [0.1, 0.15) is 17.3 Å². The van der Waals surface area contributed by atoms with Crippen molar-refractivity contribution in [1.29, 1.82) is 5.26 Å². The molecule has 2 aliphatic heterocycles. The molecule has 5 heterocycles. The number of carbonyl (C=O) groups is 2. The minimum absolute atomic E-state index is 0.102. The molecule has 5 rings (SSSR count). The lowest BCUT2D eigenvalue weighted by Gasteiger charge is -2.39. The number of carbonyl (C=O) groups excluding carboxylic acids is 2. The Labute approximate surface area is 226 Å². The van der Waals surface area contributed by atoms with Gasteiger partial charge in [0, 0.05) is 63.3 Å². The van der Waals surface area contributed by atoms with Gasteiger partial charge in [0.25, 0.3) is 5.91 Å². The highest BCUT2D eigenvalue weighted by Gasteiger charge is 2.31. The molecule has 0 saturated carbocycles. The topological polar surface area (TPSA) is 110 Å². The maximum atomic E-state index is 13.2. The molecular formula is C27H31N7O3S. The van der Waals surface area contributed by atoms with Crippen LogP contribution in [0.4, 0.5) is 10.6 Å². The van der Waals surface area contributed by atoms with Crippen LogP contribution in [0.15, 0.2) is 52.6 Å². The highest BCUT2D eigenvalue weighted by atomic mass is 32.1. The molecule has 10 nitrogen and oxygen atoms in total. The molecule has 2 aliphatic rings. The van der Waals surface area contributed by atoms with Crippen molar-refractivity contribution in [3.63, 3.8) is 0 Å². The standard InChI is InChI=1S/C27H31N7O3S/c28-9-4-11-34(19-22-5-3-18-37-22)26(35)23-20-38-25(30-23)21-7-12-32(13-8-21)27(36)33-16-14-31(15-17-33)24-6-1-2-10-29-24/h1-3,5-6,10,18,20-21H,4,7-8,11-17,19H2. The number of piperazine rings is 1. The third-order valence-electron chi connectivity index (χ3n) is 7.09. The smallest absolute Gasteiger partial charge is 0.320 e. The second-order valence-corrected chi connectivity index (χ2v) is 10.4. The average molecular weight is 534 g/mol. The van der Waals surface area contributed by atoms with Crippen molar-refractivity contribution in [2.45, 2.75) is 31.7 Å². The van der Waals surface area contributed by atoms with Crippen LogP contribution >= 0.6 is 11.3 Å². The monoisotopic (exact) mass is 533 g/mol. The molecule has 0 N–H and O–H groups in total. The van der Waals surface area contributed by atoms with E-state index < -0.39 is 0 Å². The number of piperidine rings is 1. The van der Waals surface area contributed by atoms with Crippen LogP contribution in [-0.2, 0) is 6.54 Å². The van der Waals surface area contributed by atoms with Gasteiger partial charge >= 0.3 is 6.03 Å². The number of anilines is 1. The number of hydrogen-bond donors (Lipinski definition) is 0. The summed E-state index contributed by atoms with van der Waals surface area (Å²) in [6, 6.07) is 11.7. The van der Waals surface area contributed by atoms with Crippen LogP contribution in [0.1, 0.15) is 46.4 Å². The molecule has 0 atom stereocenters. The number of aromatic nitrogens is 2. The number of rotatable bonds is 7. The molecule has 2 saturated heterocycles. The van der Waals surface area contributed by atoms with Crippen LogP contribution in [0.25, 0.3) is 0 Å². The second-order valence-electron chi connectivity index (χ2n) is 9.49. The first-order valence-corrected chi connectivity index (χ1v) is 13.8. The summed E-state index contributed by atoms with van der Waals surface area (Å²) in [5.41, 5.74) is 0.402. The van der Waals surface area contributed by atoms with E-state index in [1.807, 2.05) is 34.1 Å². The fraction of sp³-hybridized carbons (Fsp3) is 0.444. The normalized spacial score (nSPS) is 16.3. The summed E-state index contributed by atoms with van der Waals surface area (Å²) in [7, 11) is 0. The molecule has 3 aromatic rings. The number of amides is 3. The maximum absolute atomic E-state index is 13.2. The van der Waals surface area contributed by atoms with Crippen LogP contribution in [0.5, 0.6) is 0 Å². The maximum Gasteiger partial charge on any atom is 0.320 e. The summed E-state index contributed by atoms with van der Waals surface area (Å²) in [5.74, 6) is 1.65. The molecule has 0 bridgehead atoms. The van der Waals surface area contributed by atoms with Gasteiger partial charge in [-0.25, -0.2) is 14.8 Å². The van der Waals surface area contributed by atoms with Crippen molar-refractivity contribution < 1.29 is 14.0 Å². The minimum atomic E-state index is -0.198. The Hall–Kier alpha value is -3.91. The first kappa shape index (κ1) is 25.7. The van der Waals surface area contributed by atoms with E-state index in [0.717, 1.165) is 36.8 Å². The molecule has 38 heavy (non-hydrogen) atoms. The number of furan rings is 1. The SMILES string of the molecule is N#CCCN(Cc1ccco1)C(=O)c1csc(C2CCN(C(=O)N3CCN(c4ccccn4)CC3)CC2)n1. The average Bonchev–Trinajstić information content (AvgIpc) is 3.68. The lowest BCUT2D eigenvalue weighted by molar-refractivity contribution is 0.0730. The second kappa shape index (κ2) is 12.1. The van der Waals surface area contributed by atoms with Crippen molar-refractivity contribution >= 4 is 29.1 Å². The minimum Gasteiger partial charge on any atom is -0.467 e. The molecule has 0 radical (unpaired) electrons. The molecule has 3 aromatic heterocycles. The van der Waals surface area contributed by atoms with Gasteiger partial charge in [0.15, 0.2) is 0 Å². The molecule has 2 fully saturated rings. The van der Waals surface area contributed by atoms with Gasteiger partial charge in [0.2, 0.25) is 0 Å². The highest BCUT2D eigenvalue weighted by molar-refractivity contribution is 7.09. The molecule has 198 valence electrons. The highest BCUT2D eigenvalue weighted by Crippen LogP contribution is 2.31. The number of nitriles is 1. The van der Waals surface area contributed by atoms with E-state index in [2.05, 4.69) is 20.9 Å². The fourth-order valence-corrected chi connectivity index (χ4v) is 5.91.